The number of anilines is 2. The minimum absolute atomic E-state index is 0.00152. The summed E-state index contributed by atoms with van der Waals surface area (Å²) in [6.45, 7) is -0.0204. The summed E-state index contributed by atoms with van der Waals surface area (Å²) in [5.74, 6) is -1.20. The summed E-state index contributed by atoms with van der Waals surface area (Å²) in [5.41, 5.74) is 4.55. The van der Waals surface area contributed by atoms with E-state index < -0.39 is 22.0 Å². The minimum atomic E-state index is -1.20. The van der Waals surface area contributed by atoms with Crippen LogP contribution in [0.3, 0.4) is 0 Å². The van der Waals surface area contributed by atoms with Crippen LogP contribution in [0.4, 0.5) is 17.1 Å². The number of hydrogen-bond acceptors (Lipinski definition) is 7. The first-order valence-corrected chi connectivity index (χ1v) is 7.57. The minimum Gasteiger partial charge on any atom is -0.478 e. The molecule has 0 saturated carbocycles. The van der Waals surface area contributed by atoms with Gasteiger partial charge in [0.1, 0.15) is 0 Å². The van der Waals surface area contributed by atoms with E-state index in [1.165, 1.54) is 18.2 Å². The lowest BCUT2D eigenvalue weighted by atomic mass is 10.1. The summed E-state index contributed by atoms with van der Waals surface area (Å²) >= 11 is 0. The number of fused-ring (bicyclic) bond motifs is 1. The molecule has 3 rings (SSSR count). The molecule has 11 nitrogen and oxygen atoms in total. The van der Waals surface area contributed by atoms with Crippen molar-refractivity contribution in [2.75, 3.05) is 11.1 Å². The Hall–Kier alpha value is -4.15. The standard InChI is InChI=1S/C16H13N5O6/c17-12-9(16(24)25)2-1-3-10(12)18-6-7-4-8(21(26)27)5-11-13(7)20-15(23)14(22)19-11/h1-5,18H,6,17H2,(H,19,22)(H,20,23)(H,24,25). The predicted octanol–water partition coefficient (Wildman–Crippen LogP) is 1.02. The van der Waals surface area contributed by atoms with Crippen molar-refractivity contribution in [1.29, 1.82) is 0 Å². The lowest BCUT2D eigenvalue weighted by molar-refractivity contribution is -0.384. The third kappa shape index (κ3) is 3.33. The highest BCUT2D eigenvalue weighted by atomic mass is 16.6. The van der Waals surface area contributed by atoms with Gasteiger partial charge in [-0.1, -0.05) is 6.07 Å². The highest BCUT2D eigenvalue weighted by Crippen LogP contribution is 2.26. The number of nitrogens with one attached hydrogen (secondary N) is 3. The normalized spacial score (nSPS) is 10.7. The maximum Gasteiger partial charge on any atom is 0.337 e. The zero-order valence-corrected chi connectivity index (χ0v) is 13.6. The Balaban J connectivity index is 2.07. The van der Waals surface area contributed by atoms with Crippen molar-refractivity contribution in [2.45, 2.75) is 6.54 Å². The number of para-hydroxylation sites is 1. The second-order valence-corrected chi connectivity index (χ2v) is 5.62. The molecular formula is C16H13N5O6. The van der Waals surface area contributed by atoms with Crippen molar-refractivity contribution >= 4 is 34.1 Å². The van der Waals surface area contributed by atoms with E-state index in [1.807, 2.05) is 0 Å². The molecule has 0 atom stereocenters. The van der Waals surface area contributed by atoms with Crippen LogP contribution in [-0.4, -0.2) is 26.0 Å². The average molecular weight is 371 g/mol. The van der Waals surface area contributed by atoms with Crippen molar-refractivity contribution in [3.63, 3.8) is 0 Å². The number of nitro benzene ring substituents is 1. The smallest absolute Gasteiger partial charge is 0.337 e. The number of nitrogens with zero attached hydrogens (tertiary/aromatic N) is 1. The zero-order chi connectivity index (χ0) is 19.7. The van der Waals surface area contributed by atoms with Crippen molar-refractivity contribution in [3.05, 3.63) is 72.3 Å². The quantitative estimate of drug-likeness (QED) is 0.190. The van der Waals surface area contributed by atoms with Crippen LogP contribution >= 0.6 is 0 Å². The third-order valence-corrected chi connectivity index (χ3v) is 3.91. The number of aromatic carboxylic acids is 1. The van der Waals surface area contributed by atoms with Crippen LogP contribution in [0.15, 0.2) is 39.9 Å². The molecule has 0 saturated heterocycles. The lowest BCUT2D eigenvalue weighted by Crippen LogP contribution is -2.29. The summed E-state index contributed by atoms with van der Waals surface area (Å²) in [6.07, 6.45) is 0. The number of carboxylic acids is 1. The van der Waals surface area contributed by atoms with Crippen molar-refractivity contribution in [2.24, 2.45) is 0 Å². The molecule has 0 fully saturated rings. The fourth-order valence-electron chi connectivity index (χ4n) is 2.62. The highest BCUT2D eigenvalue weighted by Gasteiger charge is 2.15. The molecule has 0 aliphatic carbocycles. The van der Waals surface area contributed by atoms with Gasteiger partial charge in [0, 0.05) is 24.2 Å². The molecule has 3 aromatic rings. The molecule has 1 heterocycles. The van der Waals surface area contributed by atoms with Crippen LogP contribution in [0.5, 0.6) is 0 Å². The van der Waals surface area contributed by atoms with E-state index in [2.05, 4.69) is 15.3 Å². The first-order chi connectivity index (χ1) is 12.8. The van der Waals surface area contributed by atoms with Crippen LogP contribution in [0.1, 0.15) is 15.9 Å². The van der Waals surface area contributed by atoms with Gasteiger partial charge in [-0.05, 0) is 12.1 Å². The number of hydrogen-bond donors (Lipinski definition) is 5. The second kappa shape index (κ2) is 6.63. The SMILES string of the molecule is Nc1c(NCc2cc([N+](=O)[O-])cc3[nH]c(=O)c(=O)[nH]c23)cccc1C(=O)O. The topological polar surface area (TPSA) is 184 Å². The number of H-pyrrole nitrogens is 2. The Bertz CT molecular complexity index is 1200. The number of carboxylic acid groups (broad SMARTS) is 1. The third-order valence-electron chi connectivity index (χ3n) is 3.91. The molecule has 0 aliphatic rings. The Morgan fingerprint density at radius 1 is 1.22 bits per heavy atom. The van der Waals surface area contributed by atoms with Gasteiger partial charge in [0.05, 0.1) is 32.9 Å². The van der Waals surface area contributed by atoms with Crippen molar-refractivity contribution in [1.82, 2.24) is 9.97 Å². The second-order valence-electron chi connectivity index (χ2n) is 5.62. The molecule has 0 aliphatic heterocycles. The Kier molecular flexibility index (Phi) is 4.34. The number of rotatable bonds is 5. The Morgan fingerprint density at radius 2 is 1.93 bits per heavy atom. The number of nitrogen functional groups attached to an aromatic ring is 1. The van der Waals surface area contributed by atoms with Crippen LogP contribution in [-0.2, 0) is 6.54 Å². The molecule has 1 aromatic heterocycles. The van der Waals surface area contributed by atoms with E-state index in [4.69, 9.17) is 10.8 Å². The van der Waals surface area contributed by atoms with Gasteiger partial charge in [0.25, 0.3) is 5.69 Å². The largest absolute Gasteiger partial charge is 0.478 e. The molecule has 2 aromatic carbocycles. The lowest BCUT2D eigenvalue weighted by Gasteiger charge is -2.12. The maximum absolute atomic E-state index is 11.6. The van der Waals surface area contributed by atoms with Gasteiger partial charge >= 0.3 is 17.1 Å². The number of nitro groups is 1. The monoisotopic (exact) mass is 371 g/mol. The molecule has 0 bridgehead atoms. The fraction of sp³-hybridized carbons (Fsp3) is 0.0625. The molecule has 27 heavy (non-hydrogen) atoms. The molecule has 11 heteroatoms. The van der Waals surface area contributed by atoms with Gasteiger partial charge in [0.15, 0.2) is 0 Å². The van der Waals surface area contributed by atoms with E-state index in [9.17, 15) is 24.5 Å². The van der Waals surface area contributed by atoms with Gasteiger partial charge < -0.3 is 26.1 Å². The summed E-state index contributed by atoms with van der Waals surface area (Å²) in [4.78, 5) is 49.4. The number of aromatic nitrogens is 2. The maximum atomic E-state index is 11.6. The van der Waals surface area contributed by atoms with Gasteiger partial charge in [0.2, 0.25) is 0 Å². The molecule has 0 amide bonds. The van der Waals surface area contributed by atoms with Crippen molar-refractivity contribution in [3.8, 4) is 0 Å². The molecule has 6 N–H and O–H groups in total. The fourth-order valence-corrected chi connectivity index (χ4v) is 2.62. The van der Waals surface area contributed by atoms with Gasteiger partial charge in [-0.2, -0.15) is 0 Å². The first kappa shape index (κ1) is 17.7. The Morgan fingerprint density at radius 3 is 2.59 bits per heavy atom. The number of aromatic amines is 2. The number of carbonyl (C=O) groups is 1. The predicted molar refractivity (Wildman–Crippen MR) is 97.0 cm³/mol. The van der Waals surface area contributed by atoms with Gasteiger partial charge in [-0.15, -0.1) is 0 Å². The van der Waals surface area contributed by atoms with E-state index >= 15 is 0 Å². The number of non-ortho nitro benzene ring substituents is 1. The number of nitrogens with two attached hydrogens (primary N) is 1. The van der Waals surface area contributed by atoms with Crippen molar-refractivity contribution < 1.29 is 14.8 Å². The number of benzene rings is 2. The molecule has 138 valence electrons. The summed E-state index contributed by atoms with van der Waals surface area (Å²) < 4.78 is 0. The van der Waals surface area contributed by atoms with E-state index in [0.717, 1.165) is 6.07 Å². The molecular weight excluding hydrogens is 358 g/mol. The van der Waals surface area contributed by atoms with E-state index in [-0.39, 0.29) is 34.5 Å². The summed E-state index contributed by atoms with van der Waals surface area (Å²) in [7, 11) is 0. The van der Waals surface area contributed by atoms with Gasteiger partial charge in [-0.3, -0.25) is 19.7 Å². The molecule has 0 unspecified atom stereocenters. The van der Waals surface area contributed by atoms with Crippen LogP contribution in [0, 0.1) is 10.1 Å². The van der Waals surface area contributed by atoms with Crippen LogP contribution in [0.25, 0.3) is 11.0 Å². The molecule has 0 radical (unpaired) electrons. The highest BCUT2D eigenvalue weighted by molar-refractivity contribution is 5.97. The van der Waals surface area contributed by atoms with E-state index in [1.54, 1.807) is 6.07 Å². The van der Waals surface area contributed by atoms with Crippen LogP contribution < -0.4 is 22.2 Å². The summed E-state index contributed by atoms with van der Waals surface area (Å²) in [5, 5.41) is 23.1. The summed E-state index contributed by atoms with van der Waals surface area (Å²) in [6, 6.07) is 6.75. The van der Waals surface area contributed by atoms with Crippen LogP contribution in [0.2, 0.25) is 0 Å². The first-order valence-electron chi connectivity index (χ1n) is 7.57. The van der Waals surface area contributed by atoms with Gasteiger partial charge in [-0.25, -0.2) is 4.79 Å². The molecule has 0 spiro atoms. The average Bonchev–Trinajstić information content (AvgIpc) is 2.61. The van der Waals surface area contributed by atoms with E-state index in [0.29, 0.717) is 11.3 Å². The zero-order valence-electron chi connectivity index (χ0n) is 13.6. The Labute approximate surface area is 149 Å².